The lowest BCUT2D eigenvalue weighted by Gasteiger charge is -2.26. The van der Waals surface area contributed by atoms with Gasteiger partial charge in [0.25, 0.3) is 0 Å². The number of rotatable bonds is 6. The molecule has 1 saturated heterocycles. The average molecular weight is 376 g/mol. The number of imidazole rings is 1. The third kappa shape index (κ3) is 3.78. The molecule has 7 heteroatoms. The van der Waals surface area contributed by atoms with Gasteiger partial charge in [0.2, 0.25) is 0 Å². The van der Waals surface area contributed by atoms with Gasteiger partial charge in [0.1, 0.15) is 29.8 Å². The Balaban J connectivity index is 1.45. The van der Waals surface area contributed by atoms with E-state index >= 15 is 0 Å². The van der Waals surface area contributed by atoms with Gasteiger partial charge in [-0.2, -0.15) is 5.26 Å². The molecular formula is C21H24N6O. The minimum absolute atomic E-state index is 0.489. The zero-order valence-corrected chi connectivity index (χ0v) is 16.0. The van der Waals surface area contributed by atoms with Gasteiger partial charge in [0, 0.05) is 25.4 Å². The number of nitriles is 1. The maximum Gasteiger partial charge on any atom is 0.180 e. The lowest BCUT2D eigenvalue weighted by Crippen LogP contribution is -2.33. The largest absolute Gasteiger partial charge is 0.492 e. The molecule has 0 unspecified atom stereocenters. The summed E-state index contributed by atoms with van der Waals surface area (Å²) in [5.41, 5.74) is 3.46. The highest BCUT2D eigenvalue weighted by Crippen LogP contribution is 2.27. The van der Waals surface area contributed by atoms with Crippen LogP contribution >= 0.6 is 0 Å². The second kappa shape index (κ2) is 8.28. The molecule has 4 rings (SSSR count). The highest BCUT2D eigenvalue weighted by Gasteiger charge is 2.13. The molecule has 0 amide bonds. The first-order valence-electron chi connectivity index (χ1n) is 9.70. The molecule has 0 spiro atoms. The van der Waals surface area contributed by atoms with Gasteiger partial charge in [-0.3, -0.25) is 4.90 Å². The van der Waals surface area contributed by atoms with Crippen LogP contribution in [0, 0.1) is 11.3 Å². The van der Waals surface area contributed by atoms with Crippen molar-refractivity contribution >= 4 is 16.9 Å². The molecule has 0 bridgehead atoms. The predicted molar refractivity (Wildman–Crippen MR) is 109 cm³/mol. The molecule has 144 valence electrons. The Bertz CT molecular complexity index is 983. The average Bonchev–Trinajstić information content (AvgIpc) is 3.18. The first kappa shape index (κ1) is 18.3. The minimum atomic E-state index is 0.489. The maximum absolute atomic E-state index is 9.24. The fourth-order valence-electron chi connectivity index (χ4n) is 3.62. The molecule has 1 aliphatic heterocycles. The van der Waals surface area contributed by atoms with Crippen LogP contribution in [0.15, 0.2) is 30.5 Å². The van der Waals surface area contributed by atoms with Crippen molar-refractivity contribution < 1.29 is 4.74 Å². The highest BCUT2D eigenvalue weighted by atomic mass is 16.5. The van der Waals surface area contributed by atoms with E-state index in [1.165, 1.54) is 38.5 Å². The fourth-order valence-corrected chi connectivity index (χ4v) is 3.62. The van der Waals surface area contributed by atoms with Gasteiger partial charge in [-0.1, -0.05) is 6.42 Å². The summed E-state index contributed by atoms with van der Waals surface area (Å²) in [6.45, 7) is 4.05. The smallest absolute Gasteiger partial charge is 0.180 e. The van der Waals surface area contributed by atoms with Gasteiger partial charge in [0.15, 0.2) is 5.65 Å². The number of ether oxygens (including phenoxy) is 1. The van der Waals surface area contributed by atoms with Crippen LogP contribution in [0.1, 0.15) is 24.8 Å². The number of pyridine rings is 1. The van der Waals surface area contributed by atoms with Crippen LogP contribution in [0.4, 0.5) is 5.69 Å². The maximum atomic E-state index is 9.24. The Morgan fingerprint density at radius 2 is 2.00 bits per heavy atom. The number of piperidine rings is 1. The molecule has 1 aromatic carbocycles. The third-order valence-electron chi connectivity index (χ3n) is 5.14. The topological polar surface area (TPSA) is 89.9 Å². The molecule has 1 fully saturated rings. The van der Waals surface area contributed by atoms with E-state index in [0.29, 0.717) is 29.3 Å². The molecule has 28 heavy (non-hydrogen) atoms. The van der Waals surface area contributed by atoms with Gasteiger partial charge >= 0.3 is 0 Å². The lowest BCUT2D eigenvalue weighted by atomic mass is 10.1. The van der Waals surface area contributed by atoms with Gasteiger partial charge in [-0.15, -0.1) is 0 Å². The van der Waals surface area contributed by atoms with Crippen LogP contribution < -0.4 is 10.1 Å². The fraction of sp³-hybridized carbons (Fsp3) is 0.381. The number of fused-ring (bicyclic) bond motifs is 1. The van der Waals surface area contributed by atoms with E-state index in [1.54, 1.807) is 7.05 Å². The van der Waals surface area contributed by atoms with Crippen LogP contribution in [0.2, 0.25) is 0 Å². The molecule has 0 saturated carbocycles. The van der Waals surface area contributed by atoms with Crippen molar-refractivity contribution in [1.29, 1.82) is 5.26 Å². The molecule has 2 aromatic heterocycles. The number of hydrogen-bond donors (Lipinski definition) is 2. The molecule has 2 N–H and O–H groups in total. The molecule has 0 atom stereocenters. The van der Waals surface area contributed by atoms with Gasteiger partial charge in [-0.25, -0.2) is 9.97 Å². The summed E-state index contributed by atoms with van der Waals surface area (Å²) in [7, 11) is 1.78. The summed E-state index contributed by atoms with van der Waals surface area (Å²) in [5.74, 6) is 1.58. The summed E-state index contributed by atoms with van der Waals surface area (Å²) in [4.78, 5) is 14.6. The second-order valence-electron chi connectivity index (χ2n) is 6.97. The quantitative estimate of drug-likeness (QED) is 0.685. The number of likely N-dealkylation sites (tertiary alicyclic amines) is 1. The number of H-pyrrole nitrogens is 1. The zero-order valence-electron chi connectivity index (χ0n) is 16.0. The van der Waals surface area contributed by atoms with E-state index in [0.717, 1.165) is 23.4 Å². The Morgan fingerprint density at radius 3 is 2.71 bits per heavy atom. The van der Waals surface area contributed by atoms with Crippen LogP contribution in [-0.4, -0.2) is 53.1 Å². The first-order valence-corrected chi connectivity index (χ1v) is 9.70. The van der Waals surface area contributed by atoms with E-state index in [4.69, 9.17) is 4.74 Å². The second-order valence-corrected chi connectivity index (χ2v) is 6.97. The van der Waals surface area contributed by atoms with E-state index in [1.807, 2.05) is 24.3 Å². The van der Waals surface area contributed by atoms with E-state index in [9.17, 15) is 5.26 Å². The summed E-state index contributed by atoms with van der Waals surface area (Å²) in [5, 5.41) is 12.3. The normalized spacial score (nSPS) is 14.7. The van der Waals surface area contributed by atoms with Gasteiger partial charge in [0.05, 0.1) is 11.3 Å². The van der Waals surface area contributed by atoms with Crippen molar-refractivity contribution in [3.63, 3.8) is 0 Å². The SMILES string of the molecule is CNc1c(C#N)cnc2nc(-c3ccc(OCCN4CCCCC4)cc3)[nH]c12. The Morgan fingerprint density at radius 1 is 1.21 bits per heavy atom. The van der Waals surface area contributed by atoms with Gasteiger partial charge in [-0.05, 0) is 50.2 Å². The molecular weight excluding hydrogens is 352 g/mol. The van der Waals surface area contributed by atoms with Crippen molar-refractivity contribution in [2.75, 3.05) is 38.6 Å². The molecule has 7 nitrogen and oxygen atoms in total. The number of aromatic amines is 1. The minimum Gasteiger partial charge on any atom is -0.492 e. The Hall–Kier alpha value is -3.11. The number of nitrogens with zero attached hydrogens (tertiary/aromatic N) is 4. The van der Waals surface area contributed by atoms with Crippen LogP contribution in [0.5, 0.6) is 5.75 Å². The van der Waals surface area contributed by atoms with Crippen molar-refractivity contribution in [2.45, 2.75) is 19.3 Å². The molecule has 0 aliphatic carbocycles. The standard InChI is InChI=1S/C21H24N6O/c1-23-18-16(13-22)14-24-21-19(18)25-20(26-21)15-5-7-17(8-6-15)28-12-11-27-9-3-2-4-10-27/h5-8,14H,2-4,9-12H2,1H3,(H2,23,24,25,26). The summed E-state index contributed by atoms with van der Waals surface area (Å²) >= 11 is 0. The van der Waals surface area contributed by atoms with Gasteiger partial charge < -0.3 is 15.0 Å². The van der Waals surface area contributed by atoms with Crippen molar-refractivity contribution in [1.82, 2.24) is 19.9 Å². The molecule has 3 aromatic rings. The summed E-state index contributed by atoms with van der Waals surface area (Å²) in [6.07, 6.45) is 5.49. The third-order valence-corrected chi connectivity index (χ3v) is 5.14. The van der Waals surface area contributed by atoms with Crippen LogP contribution in [0.25, 0.3) is 22.6 Å². The highest BCUT2D eigenvalue weighted by molar-refractivity contribution is 5.90. The van der Waals surface area contributed by atoms with E-state index in [-0.39, 0.29) is 0 Å². The number of nitrogens with one attached hydrogen (secondary N) is 2. The first-order chi connectivity index (χ1) is 13.8. The number of hydrogen-bond acceptors (Lipinski definition) is 6. The lowest BCUT2D eigenvalue weighted by molar-refractivity contribution is 0.183. The number of aromatic nitrogens is 3. The molecule has 0 radical (unpaired) electrons. The molecule has 1 aliphatic rings. The van der Waals surface area contributed by atoms with E-state index in [2.05, 4.69) is 31.2 Å². The number of benzene rings is 1. The van der Waals surface area contributed by atoms with Crippen molar-refractivity contribution in [3.8, 4) is 23.2 Å². The summed E-state index contributed by atoms with van der Waals surface area (Å²) < 4.78 is 5.89. The number of anilines is 1. The van der Waals surface area contributed by atoms with E-state index < -0.39 is 0 Å². The Kier molecular flexibility index (Phi) is 5.40. The molecule has 3 heterocycles. The zero-order chi connectivity index (χ0) is 19.3. The van der Waals surface area contributed by atoms with Crippen molar-refractivity contribution in [2.24, 2.45) is 0 Å². The van der Waals surface area contributed by atoms with Crippen LogP contribution in [-0.2, 0) is 0 Å². The Labute approximate surface area is 164 Å². The monoisotopic (exact) mass is 376 g/mol. The predicted octanol–water partition coefficient (Wildman–Crippen LogP) is 3.40. The van der Waals surface area contributed by atoms with Crippen LogP contribution in [0.3, 0.4) is 0 Å². The van der Waals surface area contributed by atoms with Crippen molar-refractivity contribution in [3.05, 3.63) is 36.0 Å². The summed E-state index contributed by atoms with van der Waals surface area (Å²) in [6, 6.07) is 10.0.